The maximum Gasteiger partial charge on any atom is 0.231 e. The van der Waals surface area contributed by atoms with Gasteiger partial charge in [-0.05, 0) is 24.1 Å². The Morgan fingerprint density at radius 1 is 1.07 bits per heavy atom. The average molecular weight is 370 g/mol. The third-order valence-electron chi connectivity index (χ3n) is 4.83. The monoisotopic (exact) mass is 370 g/mol. The lowest BCUT2D eigenvalue weighted by molar-refractivity contribution is 0.174. The predicted octanol–water partition coefficient (Wildman–Crippen LogP) is 1.93. The summed E-state index contributed by atoms with van der Waals surface area (Å²) in [5.74, 6) is 3.67. The lowest BCUT2D eigenvalue weighted by Gasteiger charge is -2.35. The number of nitrogens with one attached hydrogen (secondary N) is 1. The maximum atomic E-state index is 5.89. The molecule has 2 aliphatic heterocycles. The van der Waals surface area contributed by atoms with Gasteiger partial charge in [0.15, 0.2) is 11.5 Å². The fourth-order valence-corrected chi connectivity index (χ4v) is 3.39. The molecule has 0 atom stereocenters. The molecule has 144 valence electrons. The highest BCUT2D eigenvalue weighted by Crippen LogP contribution is 2.33. The van der Waals surface area contributed by atoms with Crippen LogP contribution in [-0.2, 0) is 6.54 Å². The van der Waals surface area contributed by atoms with Crippen LogP contribution in [0.2, 0.25) is 0 Å². The van der Waals surface area contributed by atoms with Crippen LogP contribution >= 0.6 is 0 Å². The normalized spacial score (nSPS) is 16.6. The zero-order valence-electron chi connectivity index (χ0n) is 15.6. The summed E-state index contributed by atoms with van der Waals surface area (Å²) in [5, 5.41) is 3.29. The van der Waals surface area contributed by atoms with E-state index in [0.717, 1.165) is 68.8 Å². The van der Waals surface area contributed by atoms with Gasteiger partial charge in [0.2, 0.25) is 12.7 Å². The van der Waals surface area contributed by atoms with Crippen molar-refractivity contribution >= 4 is 17.6 Å². The molecule has 1 saturated heterocycles. The zero-order valence-corrected chi connectivity index (χ0v) is 15.6. The van der Waals surface area contributed by atoms with Gasteiger partial charge >= 0.3 is 0 Å². The molecular formula is C19H26N6O2. The molecular weight excluding hydrogens is 344 g/mol. The Balaban J connectivity index is 1.35. The second-order valence-electron chi connectivity index (χ2n) is 6.85. The van der Waals surface area contributed by atoms with Crippen LogP contribution in [0.5, 0.6) is 11.5 Å². The van der Waals surface area contributed by atoms with Crippen LogP contribution in [0.1, 0.15) is 18.9 Å². The molecule has 8 heteroatoms. The molecule has 1 fully saturated rings. The van der Waals surface area contributed by atoms with Crippen LogP contribution in [0.4, 0.5) is 17.6 Å². The maximum absolute atomic E-state index is 5.89. The summed E-state index contributed by atoms with van der Waals surface area (Å²) in [4.78, 5) is 13.4. The van der Waals surface area contributed by atoms with Gasteiger partial charge in [0.25, 0.3) is 0 Å². The number of piperazine rings is 1. The van der Waals surface area contributed by atoms with Gasteiger partial charge < -0.3 is 25.4 Å². The topological polar surface area (TPSA) is 88.8 Å². The summed E-state index contributed by atoms with van der Waals surface area (Å²) in [7, 11) is 0. The molecule has 3 heterocycles. The van der Waals surface area contributed by atoms with Crippen molar-refractivity contribution < 1.29 is 9.47 Å². The van der Waals surface area contributed by atoms with E-state index in [4.69, 9.17) is 15.2 Å². The van der Waals surface area contributed by atoms with E-state index < -0.39 is 0 Å². The summed E-state index contributed by atoms with van der Waals surface area (Å²) >= 11 is 0. The molecule has 4 rings (SSSR count). The van der Waals surface area contributed by atoms with E-state index in [1.165, 1.54) is 5.56 Å². The van der Waals surface area contributed by atoms with Crippen LogP contribution in [0.25, 0.3) is 0 Å². The Kier molecular flexibility index (Phi) is 5.15. The highest BCUT2D eigenvalue weighted by atomic mass is 16.7. The van der Waals surface area contributed by atoms with Gasteiger partial charge in [-0.15, -0.1) is 0 Å². The van der Waals surface area contributed by atoms with Gasteiger partial charge in [0.05, 0.1) is 0 Å². The Bertz CT molecular complexity index is 792. The minimum Gasteiger partial charge on any atom is -0.454 e. The first-order valence-electron chi connectivity index (χ1n) is 9.45. The van der Waals surface area contributed by atoms with Crippen LogP contribution in [0, 0.1) is 0 Å². The van der Waals surface area contributed by atoms with Crippen molar-refractivity contribution in [1.29, 1.82) is 0 Å². The number of hydrogen-bond acceptors (Lipinski definition) is 8. The van der Waals surface area contributed by atoms with Crippen molar-refractivity contribution in [3.05, 3.63) is 29.8 Å². The molecule has 27 heavy (non-hydrogen) atoms. The predicted molar refractivity (Wildman–Crippen MR) is 105 cm³/mol. The van der Waals surface area contributed by atoms with Gasteiger partial charge in [-0.1, -0.05) is 13.0 Å². The number of nitrogen functional groups attached to an aromatic ring is 1. The molecule has 0 unspecified atom stereocenters. The summed E-state index contributed by atoms with van der Waals surface area (Å²) in [6, 6.07) is 8.16. The third-order valence-corrected chi connectivity index (χ3v) is 4.83. The number of nitrogens with two attached hydrogens (primary N) is 1. The standard InChI is InChI=1S/C19H26N6O2/c1-2-5-21-17-11-18(23-19(20)22-17)25-8-6-24(7-9-25)12-14-3-4-15-16(10-14)27-13-26-15/h3-4,10-11H,2,5-9,12-13H2,1H3,(H3,20,21,22,23). The van der Waals surface area contributed by atoms with Crippen molar-refractivity contribution in [2.75, 3.05) is 55.5 Å². The molecule has 0 amide bonds. The minimum atomic E-state index is 0.314. The largest absolute Gasteiger partial charge is 0.454 e. The minimum absolute atomic E-state index is 0.314. The number of rotatable bonds is 6. The molecule has 1 aromatic carbocycles. The molecule has 1 aromatic heterocycles. The SMILES string of the molecule is CCCNc1cc(N2CCN(Cc3ccc4c(c3)OCO4)CC2)nc(N)n1. The second-order valence-corrected chi connectivity index (χ2v) is 6.85. The van der Waals surface area contributed by atoms with E-state index in [1.54, 1.807) is 0 Å². The van der Waals surface area contributed by atoms with E-state index in [2.05, 4.69) is 44.1 Å². The number of benzene rings is 1. The molecule has 8 nitrogen and oxygen atoms in total. The first-order valence-corrected chi connectivity index (χ1v) is 9.45. The average Bonchev–Trinajstić information content (AvgIpc) is 3.14. The molecule has 0 aliphatic carbocycles. The summed E-state index contributed by atoms with van der Waals surface area (Å²) in [5.41, 5.74) is 7.13. The van der Waals surface area contributed by atoms with Crippen LogP contribution in [-0.4, -0.2) is 54.4 Å². The lowest BCUT2D eigenvalue weighted by atomic mass is 10.1. The Labute approximate surface area is 159 Å². The first kappa shape index (κ1) is 17.7. The van der Waals surface area contributed by atoms with E-state index in [0.29, 0.717) is 12.7 Å². The van der Waals surface area contributed by atoms with Gasteiger partial charge in [-0.25, -0.2) is 0 Å². The second kappa shape index (κ2) is 7.87. The van der Waals surface area contributed by atoms with E-state index >= 15 is 0 Å². The molecule has 0 spiro atoms. The molecule has 0 bridgehead atoms. The van der Waals surface area contributed by atoms with Crippen molar-refractivity contribution in [2.24, 2.45) is 0 Å². The molecule has 0 saturated carbocycles. The Morgan fingerprint density at radius 2 is 1.89 bits per heavy atom. The van der Waals surface area contributed by atoms with Gasteiger partial charge in [0, 0.05) is 45.3 Å². The van der Waals surface area contributed by atoms with E-state index in [9.17, 15) is 0 Å². The number of aromatic nitrogens is 2. The van der Waals surface area contributed by atoms with Crippen molar-refractivity contribution in [3.63, 3.8) is 0 Å². The fourth-order valence-electron chi connectivity index (χ4n) is 3.39. The molecule has 0 radical (unpaired) electrons. The smallest absolute Gasteiger partial charge is 0.231 e. The molecule has 2 aromatic rings. The van der Waals surface area contributed by atoms with Crippen molar-refractivity contribution in [2.45, 2.75) is 19.9 Å². The number of hydrogen-bond donors (Lipinski definition) is 2. The quantitative estimate of drug-likeness (QED) is 0.797. The first-order chi connectivity index (χ1) is 13.2. The summed E-state index contributed by atoms with van der Waals surface area (Å²) in [6.07, 6.45) is 1.04. The number of nitrogens with zero attached hydrogens (tertiary/aromatic N) is 4. The fraction of sp³-hybridized carbons (Fsp3) is 0.474. The molecule has 2 aliphatic rings. The lowest BCUT2D eigenvalue weighted by Crippen LogP contribution is -2.46. The van der Waals surface area contributed by atoms with Crippen molar-refractivity contribution in [3.8, 4) is 11.5 Å². The van der Waals surface area contributed by atoms with Gasteiger partial charge in [0.1, 0.15) is 11.6 Å². The summed E-state index contributed by atoms with van der Waals surface area (Å²) in [6.45, 7) is 7.97. The number of anilines is 3. The van der Waals surface area contributed by atoms with Crippen LogP contribution in [0.3, 0.4) is 0 Å². The summed E-state index contributed by atoms with van der Waals surface area (Å²) < 4.78 is 10.9. The Morgan fingerprint density at radius 3 is 2.70 bits per heavy atom. The van der Waals surface area contributed by atoms with E-state index in [1.807, 2.05) is 12.1 Å². The van der Waals surface area contributed by atoms with Crippen LogP contribution in [0.15, 0.2) is 24.3 Å². The van der Waals surface area contributed by atoms with E-state index in [-0.39, 0.29) is 0 Å². The highest BCUT2D eigenvalue weighted by molar-refractivity contribution is 5.53. The zero-order chi connectivity index (χ0) is 18.6. The van der Waals surface area contributed by atoms with Crippen LogP contribution < -0.4 is 25.4 Å². The highest BCUT2D eigenvalue weighted by Gasteiger charge is 2.20. The van der Waals surface area contributed by atoms with Gasteiger partial charge in [-0.3, -0.25) is 4.90 Å². The molecule has 3 N–H and O–H groups in total. The number of ether oxygens (including phenoxy) is 2. The Hall–Kier alpha value is -2.74. The number of fused-ring (bicyclic) bond motifs is 1. The van der Waals surface area contributed by atoms with Gasteiger partial charge in [-0.2, -0.15) is 9.97 Å². The van der Waals surface area contributed by atoms with Crippen molar-refractivity contribution in [1.82, 2.24) is 14.9 Å². The third kappa shape index (κ3) is 4.16.